The molecule has 146 valence electrons. The number of carbonyl (C=O) groups is 1. The lowest BCUT2D eigenvalue weighted by Gasteiger charge is -2.48. The summed E-state index contributed by atoms with van der Waals surface area (Å²) in [7, 11) is 2.10. The van der Waals surface area contributed by atoms with Crippen molar-refractivity contribution in [1.29, 1.82) is 0 Å². The highest BCUT2D eigenvalue weighted by atomic mass is 16.4. The fourth-order valence-electron chi connectivity index (χ4n) is 4.44. The minimum Gasteiger partial charge on any atom is -0.424 e. The number of hydrogen-bond acceptors (Lipinski definition) is 6. The van der Waals surface area contributed by atoms with Gasteiger partial charge >= 0.3 is 0 Å². The lowest BCUT2D eigenvalue weighted by molar-refractivity contribution is 0.0105. The Hall–Kier alpha value is -2.22. The van der Waals surface area contributed by atoms with Crippen molar-refractivity contribution in [2.24, 2.45) is 11.3 Å². The molecule has 0 radical (unpaired) electrons. The van der Waals surface area contributed by atoms with Crippen LogP contribution in [0.2, 0.25) is 0 Å². The summed E-state index contributed by atoms with van der Waals surface area (Å²) in [5.41, 5.74) is 0.796. The molecular formula is C19H28N6O2. The molecule has 1 amide bonds. The topological polar surface area (TPSA) is 80.3 Å². The molecule has 1 spiro atoms. The van der Waals surface area contributed by atoms with E-state index in [-0.39, 0.29) is 17.4 Å². The first-order chi connectivity index (χ1) is 12.9. The number of nitrogens with zero attached hydrogens (tertiary/aromatic N) is 6. The molecule has 1 atom stereocenters. The van der Waals surface area contributed by atoms with Gasteiger partial charge in [-0.25, -0.2) is 0 Å². The summed E-state index contributed by atoms with van der Waals surface area (Å²) >= 11 is 0. The third kappa shape index (κ3) is 3.26. The van der Waals surface area contributed by atoms with E-state index in [4.69, 9.17) is 4.42 Å². The van der Waals surface area contributed by atoms with Crippen LogP contribution in [0.5, 0.6) is 0 Å². The smallest absolute Gasteiger partial charge is 0.272 e. The average Bonchev–Trinajstić information content (AvgIpc) is 3.29. The molecule has 1 unspecified atom stereocenters. The molecule has 0 saturated carbocycles. The summed E-state index contributed by atoms with van der Waals surface area (Å²) in [5, 5.41) is 12.7. The van der Waals surface area contributed by atoms with Gasteiger partial charge in [0.2, 0.25) is 11.8 Å². The lowest BCUT2D eigenvalue weighted by atomic mass is 9.77. The van der Waals surface area contributed by atoms with Crippen LogP contribution in [-0.4, -0.2) is 62.4 Å². The van der Waals surface area contributed by atoms with Gasteiger partial charge in [-0.2, -0.15) is 5.10 Å². The van der Waals surface area contributed by atoms with Crippen LogP contribution in [0.3, 0.4) is 0 Å². The summed E-state index contributed by atoms with van der Waals surface area (Å²) < 4.78 is 7.67. The van der Waals surface area contributed by atoms with Crippen molar-refractivity contribution in [3.05, 3.63) is 29.7 Å². The van der Waals surface area contributed by atoms with E-state index in [9.17, 15) is 4.79 Å². The van der Waals surface area contributed by atoms with Gasteiger partial charge in [-0.05, 0) is 32.4 Å². The maximum Gasteiger partial charge on any atom is 0.272 e. The second-order valence-electron chi connectivity index (χ2n) is 8.46. The van der Waals surface area contributed by atoms with Crippen LogP contribution in [0.25, 0.3) is 0 Å². The Morgan fingerprint density at radius 1 is 1.33 bits per heavy atom. The summed E-state index contributed by atoms with van der Waals surface area (Å²) in [5.74, 6) is 1.99. The van der Waals surface area contributed by atoms with E-state index >= 15 is 0 Å². The van der Waals surface area contributed by atoms with Crippen molar-refractivity contribution >= 4 is 5.91 Å². The largest absolute Gasteiger partial charge is 0.424 e. The Kier molecular flexibility index (Phi) is 4.53. The van der Waals surface area contributed by atoms with Crippen molar-refractivity contribution < 1.29 is 9.21 Å². The molecule has 2 aliphatic heterocycles. The van der Waals surface area contributed by atoms with E-state index < -0.39 is 0 Å². The van der Waals surface area contributed by atoms with Crippen molar-refractivity contribution in [2.75, 3.05) is 26.7 Å². The number of carbonyl (C=O) groups excluding carboxylic acids is 1. The monoisotopic (exact) mass is 372 g/mol. The van der Waals surface area contributed by atoms with Gasteiger partial charge < -0.3 is 9.32 Å². The number of aromatic nitrogens is 4. The zero-order chi connectivity index (χ0) is 19.2. The highest BCUT2D eigenvalue weighted by Gasteiger charge is 2.53. The van der Waals surface area contributed by atoms with Gasteiger partial charge in [0.25, 0.3) is 5.91 Å². The Bertz CT molecular complexity index is 820. The molecule has 2 aliphatic rings. The van der Waals surface area contributed by atoms with E-state index in [1.54, 1.807) is 16.9 Å². The third-order valence-electron chi connectivity index (χ3n) is 5.67. The number of amides is 1. The maximum absolute atomic E-state index is 12.8. The second kappa shape index (κ2) is 6.74. The van der Waals surface area contributed by atoms with Crippen LogP contribution in [0.1, 0.15) is 55.5 Å². The molecular weight excluding hydrogens is 344 g/mol. The van der Waals surface area contributed by atoms with Gasteiger partial charge in [0.1, 0.15) is 5.69 Å². The van der Waals surface area contributed by atoms with Crippen molar-refractivity contribution in [2.45, 2.75) is 46.2 Å². The first-order valence-electron chi connectivity index (χ1n) is 9.74. The predicted molar refractivity (Wildman–Crippen MR) is 99.1 cm³/mol. The Morgan fingerprint density at radius 3 is 2.81 bits per heavy atom. The molecule has 0 N–H and O–H groups in total. The fourth-order valence-corrected chi connectivity index (χ4v) is 4.44. The second-order valence-corrected chi connectivity index (χ2v) is 8.46. The summed E-state index contributed by atoms with van der Waals surface area (Å²) in [4.78, 5) is 17.0. The average molecular weight is 372 g/mol. The molecule has 27 heavy (non-hydrogen) atoms. The van der Waals surface area contributed by atoms with E-state index in [2.05, 4.69) is 41.1 Å². The molecule has 2 fully saturated rings. The quantitative estimate of drug-likeness (QED) is 0.799. The first-order valence-corrected chi connectivity index (χ1v) is 9.74. The van der Waals surface area contributed by atoms with Crippen LogP contribution in [-0.2, 0) is 13.0 Å². The molecule has 2 aromatic rings. The van der Waals surface area contributed by atoms with Gasteiger partial charge in [0, 0.05) is 44.2 Å². The minimum atomic E-state index is 0.0723. The molecule has 4 rings (SSSR count). The predicted octanol–water partition coefficient (Wildman–Crippen LogP) is 2.00. The number of aryl methyl sites for hydroxylation is 1. The zero-order valence-electron chi connectivity index (χ0n) is 16.6. The number of hydrogen-bond donors (Lipinski definition) is 0. The van der Waals surface area contributed by atoms with Gasteiger partial charge in [-0.15, -0.1) is 10.2 Å². The summed E-state index contributed by atoms with van der Waals surface area (Å²) in [6.45, 7) is 9.47. The minimum absolute atomic E-state index is 0.0723. The summed E-state index contributed by atoms with van der Waals surface area (Å²) in [6.07, 6.45) is 3.45. The molecule has 2 aromatic heterocycles. The standard InChI is InChI=1S/C19H28N6O2/c1-5-25-14(6-7-20-25)18(26)24-11-19(12-24)9-15(23(4)10-19)17-22-21-16(27-17)8-13(2)3/h6-7,13,15H,5,8-12H2,1-4H3. The Labute approximate surface area is 159 Å². The van der Waals surface area contributed by atoms with Gasteiger partial charge in [-0.3, -0.25) is 14.4 Å². The SMILES string of the molecule is CCn1nccc1C(=O)N1CC2(CC(c3nnc(CC(C)C)o3)N(C)C2)C1. The van der Waals surface area contributed by atoms with E-state index in [1.165, 1.54) is 0 Å². The van der Waals surface area contributed by atoms with E-state index in [1.807, 2.05) is 11.8 Å². The highest BCUT2D eigenvalue weighted by Crippen LogP contribution is 2.47. The molecule has 0 aliphatic carbocycles. The number of rotatable bonds is 5. The maximum atomic E-state index is 12.8. The molecule has 4 heterocycles. The van der Waals surface area contributed by atoms with Gasteiger partial charge in [0.05, 0.1) is 6.04 Å². The number of likely N-dealkylation sites (tertiary alicyclic amines) is 2. The van der Waals surface area contributed by atoms with Crippen molar-refractivity contribution in [3.8, 4) is 0 Å². The molecule has 8 nitrogen and oxygen atoms in total. The first kappa shape index (κ1) is 18.2. The van der Waals surface area contributed by atoms with Crippen LogP contribution < -0.4 is 0 Å². The van der Waals surface area contributed by atoms with Crippen molar-refractivity contribution in [3.63, 3.8) is 0 Å². The van der Waals surface area contributed by atoms with Crippen molar-refractivity contribution in [1.82, 2.24) is 29.8 Å². The van der Waals surface area contributed by atoms with Crippen LogP contribution in [0.4, 0.5) is 0 Å². The zero-order valence-corrected chi connectivity index (χ0v) is 16.6. The molecule has 0 aromatic carbocycles. The third-order valence-corrected chi connectivity index (χ3v) is 5.67. The Morgan fingerprint density at radius 2 is 2.11 bits per heavy atom. The van der Waals surface area contributed by atoms with Gasteiger partial charge in [0.15, 0.2) is 0 Å². The van der Waals surface area contributed by atoms with Crippen LogP contribution >= 0.6 is 0 Å². The highest BCUT2D eigenvalue weighted by molar-refractivity contribution is 5.93. The molecule has 8 heteroatoms. The molecule has 2 saturated heterocycles. The van der Waals surface area contributed by atoms with E-state index in [0.29, 0.717) is 29.9 Å². The van der Waals surface area contributed by atoms with Crippen LogP contribution in [0, 0.1) is 11.3 Å². The summed E-state index contributed by atoms with van der Waals surface area (Å²) in [6, 6.07) is 1.94. The van der Waals surface area contributed by atoms with Gasteiger partial charge in [-0.1, -0.05) is 13.8 Å². The normalized spacial score (nSPS) is 22.0. The van der Waals surface area contributed by atoms with Crippen LogP contribution in [0.15, 0.2) is 16.7 Å². The Balaban J connectivity index is 1.41. The van der Waals surface area contributed by atoms with E-state index in [0.717, 1.165) is 32.5 Å². The molecule has 0 bridgehead atoms. The lowest BCUT2D eigenvalue weighted by Crippen LogP contribution is -2.59. The fraction of sp³-hybridized carbons (Fsp3) is 0.684.